The number of hydrogen-bond donors (Lipinski definition) is 0. The highest BCUT2D eigenvalue weighted by atomic mass is 32.2. The smallest absolute Gasteiger partial charge is 0.121 e. The first-order valence-electron chi connectivity index (χ1n) is 24.0. The molecule has 0 N–H and O–H groups in total. The third-order valence-corrected chi connectivity index (χ3v) is 15.3. The first kappa shape index (κ1) is 48.2. The Balaban J connectivity index is 0.767. The molecule has 0 bridgehead atoms. The molecule has 2 aliphatic heterocycles. The molecule has 2 atom stereocenters. The Labute approximate surface area is 385 Å². The second-order valence-corrected chi connectivity index (χ2v) is 22.0. The van der Waals surface area contributed by atoms with Crippen LogP contribution in [0.4, 0.5) is 22.7 Å². The minimum absolute atomic E-state index is 0.567. The maximum Gasteiger partial charge on any atom is 0.121 e. The molecular formula is C54H80N4O2S2+2. The van der Waals surface area contributed by atoms with Crippen LogP contribution < -0.4 is 19.3 Å². The highest BCUT2D eigenvalue weighted by Crippen LogP contribution is 2.50. The van der Waals surface area contributed by atoms with E-state index in [0.717, 1.165) is 33.6 Å². The van der Waals surface area contributed by atoms with Gasteiger partial charge in [0.1, 0.15) is 11.5 Å². The van der Waals surface area contributed by atoms with Gasteiger partial charge in [-0.05, 0) is 74.2 Å². The molecule has 2 aliphatic rings. The molecule has 0 saturated heterocycles. The van der Waals surface area contributed by atoms with E-state index in [1.807, 2.05) is 23.5 Å². The summed E-state index contributed by atoms with van der Waals surface area (Å²) in [6.45, 7) is 11.8. The van der Waals surface area contributed by atoms with Crippen LogP contribution in [0.15, 0.2) is 105 Å². The fourth-order valence-electron chi connectivity index (χ4n) is 10.1. The average molecular weight is 881 g/mol. The molecule has 8 heteroatoms. The lowest BCUT2D eigenvalue weighted by atomic mass is 10.0. The Morgan fingerprint density at radius 1 is 0.435 bits per heavy atom. The lowest BCUT2D eigenvalue weighted by Gasteiger charge is -2.37. The summed E-state index contributed by atoms with van der Waals surface area (Å²) in [6.07, 6.45) is 19.5. The summed E-state index contributed by atoms with van der Waals surface area (Å²) >= 11 is 3.74. The summed E-state index contributed by atoms with van der Waals surface area (Å²) in [5, 5.41) is 0. The van der Waals surface area contributed by atoms with Crippen molar-refractivity contribution in [2.24, 2.45) is 11.8 Å². The molecule has 62 heavy (non-hydrogen) atoms. The standard InChI is InChI=1S/C54H80N4O2S2/c1-43(39-55-47-27-21-23-29-51(47)61-53-33-31-45(59-7)37-49(53)55)41-57(3,4)35-25-19-17-15-13-11-9-10-12-14-16-18-20-26-36-58(5,6)42-44(2)40-56-48-28-22-24-30-52(48)62-54-34-32-46(60-8)38-50(54)56/h21-24,27-34,37-38,43-44H,9-20,25-26,35-36,39-42H2,1-8H3/q+2. The molecule has 6 nitrogen and oxygen atoms in total. The third-order valence-electron chi connectivity index (χ3n) is 13.0. The number of benzene rings is 4. The molecule has 0 radical (unpaired) electrons. The molecule has 0 aliphatic carbocycles. The second-order valence-electron chi connectivity index (χ2n) is 19.9. The zero-order chi connectivity index (χ0) is 44.0. The Morgan fingerprint density at radius 2 is 0.758 bits per heavy atom. The summed E-state index contributed by atoms with van der Waals surface area (Å²) in [6, 6.07) is 30.7. The van der Waals surface area contributed by atoms with Crippen molar-refractivity contribution in [2.75, 3.05) is 91.5 Å². The van der Waals surface area contributed by atoms with Gasteiger partial charge in [0.2, 0.25) is 0 Å². The fraction of sp³-hybridized carbons (Fsp3) is 0.556. The van der Waals surface area contributed by atoms with Gasteiger partial charge >= 0.3 is 0 Å². The van der Waals surface area contributed by atoms with Crippen molar-refractivity contribution in [1.29, 1.82) is 0 Å². The highest BCUT2D eigenvalue weighted by molar-refractivity contribution is 8.00. The molecule has 0 aromatic heterocycles. The van der Waals surface area contributed by atoms with Crippen LogP contribution in [-0.4, -0.2) is 90.6 Å². The van der Waals surface area contributed by atoms with Crippen LogP contribution in [0.2, 0.25) is 0 Å². The van der Waals surface area contributed by atoms with Gasteiger partial charge in [0, 0.05) is 56.6 Å². The Morgan fingerprint density at radius 3 is 1.11 bits per heavy atom. The molecule has 0 spiro atoms. The van der Waals surface area contributed by atoms with E-state index < -0.39 is 0 Å². The summed E-state index contributed by atoms with van der Waals surface area (Å²) in [5.41, 5.74) is 5.19. The van der Waals surface area contributed by atoms with Crippen molar-refractivity contribution in [2.45, 2.75) is 123 Å². The third kappa shape index (κ3) is 14.1. The van der Waals surface area contributed by atoms with Gasteiger partial charge in [0.05, 0.1) is 91.3 Å². The van der Waals surface area contributed by atoms with Gasteiger partial charge in [-0.2, -0.15) is 0 Å². The molecule has 6 rings (SSSR count). The van der Waals surface area contributed by atoms with Crippen molar-refractivity contribution in [3.05, 3.63) is 84.9 Å². The van der Waals surface area contributed by atoms with Crippen LogP contribution in [0.5, 0.6) is 11.5 Å². The maximum absolute atomic E-state index is 5.62. The monoisotopic (exact) mass is 881 g/mol. The number of methoxy groups -OCH3 is 2. The van der Waals surface area contributed by atoms with Crippen molar-refractivity contribution in [3.8, 4) is 11.5 Å². The summed E-state index contributed by atoms with van der Waals surface area (Å²) < 4.78 is 13.4. The van der Waals surface area contributed by atoms with E-state index in [0.29, 0.717) is 11.8 Å². The van der Waals surface area contributed by atoms with Crippen LogP contribution in [0.1, 0.15) is 104 Å². The molecule has 0 fully saturated rings. The number of anilines is 4. The Kier molecular flexibility index (Phi) is 18.3. The van der Waals surface area contributed by atoms with Crippen LogP contribution in [-0.2, 0) is 0 Å². The van der Waals surface area contributed by atoms with Gasteiger partial charge in [-0.1, -0.05) is 126 Å². The normalized spacial score (nSPS) is 14.5. The van der Waals surface area contributed by atoms with Gasteiger partial charge in [-0.3, -0.25) is 0 Å². The number of rotatable bonds is 27. The molecular weight excluding hydrogens is 801 g/mol. The first-order valence-corrected chi connectivity index (χ1v) is 25.7. The van der Waals surface area contributed by atoms with E-state index in [1.165, 1.54) is 158 Å². The van der Waals surface area contributed by atoms with E-state index in [2.05, 4.69) is 137 Å². The van der Waals surface area contributed by atoms with E-state index in [1.54, 1.807) is 14.2 Å². The van der Waals surface area contributed by atoms with Crippen molar-refractivity contribution in [3.63, 3.8) is 0 Å². The topological polar surface area (TPSA) is 24.9 Å². The van der Waals surface area contributed by atoms with Crippen LogP contribution in [0.3, 0.4) is 0 Å². The zero-order valence-electron chi connectivity index (χ0n) is 39.8. The van der Waals surface area contributed by atoms with Crippen molar-refractivity contribution in [1.82, 2.24) is 0 Å². The van der Waals surface area contributed by atoms with Crippen LogP contribution in [0, 0.1) is 11.8 Å². The molecule has 338 valence electrons. The maximum atomic E-state index is 5.62. The Hall–Kier alpha value is -3.30. The van der Waals surface area contributed by atoms with Gasteiger partial charge in [0.15, 0.2) is 0 Å². The molecule has 4 aromatic carbocycles. The molecule has 0 amide bonds. The van der Waals surface area contributed by atoms with Gasteiger partial charge in [0.25, 0.3) is 0 Å². The Bertz CT molecular complexity index is 1840. The van der Waals surface area contributed by atoms with Crippen molar-refractivity contribution >= 4 is 46.3 Å². The number of unbranched alkanes of at least 4 members (excludes halogenated alkanes) is 13. The van der Waals surface area contributed by atoms with E-state index >= 15 is 0 Å². The van der Waals surface area contributed by atoms with E-state index in [4.69, 9.17) is 9.47 Å². The number of quaternary nitrogens is 2. The SMILES string of the molecule is COc1ccc2c(c1)N(CC(C)C[N+](C)(C)CCCCCCCCCCCCCCCC[N+](C)(C)CC(C)CN1c3ccccc3Sc3ccc(OC)cc31)c1ccccc1S2. The minimum Gasteiger partial charge on any atom is -0.497 e. The lowest BCUT2D eigenvalue weighted by Crippen LogP contribution is -2.45. The predicted molar refractivity (Wildman–Crippen MR) is 268 cm³/mol. The molecule has 2 heterocycles. The van der Waals surface area contributed by atoms with E-state index in [-0.39, 0.29) is 0 Å². The van der Waals surface area contributed by atoms with Gasteiger partial charge < -0.3 is 28.2 Å². The number of ether oxygens (including phenoxy) is 2. The van der Waals surface area contributed by atoms with Gasteiger partial charge in [-0.25, -0.2) is 0 Å². The molecule has 2 unspecified atom stereocenters. The predicted octanol–water partition coefficient (Wildman–Crippen LogP) is 14.5. The molecule has 0 saturated carbocycles. The van der Waals surface area contributed by atoms with E-state index in [9.17, 15) is 0 Å². The highest BCUT2D eigenvalue weighted by Gasteiger charge is 2.29. The number of nitrogens with zero attached hydrogens (tertiary/aromatic N) is 4. The second kappa shape index (κ2) is 23.6. The average Bonchev–Trinajstić information content (AvgIpc) is 3.25. The number of fused-ring (bicyclic) bond motifs is 4. The fourth-order valence-corrected chi connectivity index (χ4v) is 12.2. The van der Waals surface area contributed by atoms with Crippen molar-refractivity contribution < 1.29 is 18.4 Å². The number of para-hydroxylation sites is 2. The quantitative estimate of drug-likeness (QED) is 0.0437. The minimum atomic E-state index is 0.567. The summed E-state index contributed by atoms with van der Waals surface area (Å²) in [4.78, 5) is 10.4. The lowest BCUT2D eigenvalue weighted by molar-refractivity contribution is -0.893. The van der Waals surface area contributed by atoms with Crippen LogP contribution in [0.25, 0.3) is 0 Å². The largest absolute Gasteiger partial charge is 0.497 e. The first-order chi connectivity index (χ1) is 29.9. The summed E-state index contributed by atoms with van der Waals surface area (Å²) in [5.74, 6) is 2.99. The molecule has 4 aromatic rings. The summed E-state index contributed by atoms with van der Waals surface area (Å²) in [7, 11) is 13.3. The van der Waals surface area contributed by atoms with Gasteiger partial charge in [-0.15, -0.1) is 0 Å². The zero-order valence-corrected chi connectivity index (χ0v) is 41.4. The number of hydrogen-bond acceptors (Lipinski definition) is 6. The van der Waals surface area contributed by atoms with Crippen LogP contribution >= 0.6 is 23.5 Å².